The maximum atomic E-state index is 15.2. The molecule has 4 aliphatic rings. The number of aliphatic hydroxyl groups is 1. The van der Waals surface area contributed by atoms with E-state index < -0.39 is 47.5 Å². The van der Waals surface area contributed by atoms with Crippen LogP contribution in [0.3, 0.4) is 0 Å². The van der Waals surface area contributed by atoms with Gasteiger partial charge < -0.3 is 9.84 Å². The largest absolute Gasteiger partial charge is 0.458 e. The Labute approximate surface area is 249 Å². The first-order chi connectivity index (χ1) is 19.8. The minimum absolute atomic E-state index is 0.0365. The lowest BCUT2D eigenvalue weighted by atomic mass is 9.50. The lowest BCUT2D eigenvalue weighted by Crippen LogP contribution is -2.65. The van der Waals surface area contributed by atoms with Crippen LogP contribution in [-0.2, 0) is 14.3 Å². The predicted octanol–water partition coefficient (Wildman–Crippen LogP) is 8.56. The van der Waals surface area contributed by atoms with Gasteiger partial charge in [-0.1, -0.05) is 57.5 Å². The van der Waals surface area contributed by atoms with Crippen molar-refractivity contribution in [2.45, 2.75) is 116 Å². The minimum atomic E-state index is -5.89. The number of alkyl halides is 5. The summed E-state index contributed by atoms with van der Waals surface area (Å²) in [7, 11) is 0. The fraction of sp³-hybridized carbons (Fsp3) is 0.647. The van der Waals surface area contributed by atoms with Crippen LogP contribution in [-0.4, -0.2) is 34.6 Å². The Kier molecular flexibility index (Phi) is 7.80. The molecule has 0 radical (unpaired) electrons. The van der Waals surface area contributed by atoms with E-state index in [1.165, 1.54) is 6.92 Å². The van der Waals surface area contributed by atoms with Gasteiger partial charge in [0.05, 0.1) is 6.42 Å². The van der Waals surface area contributed by atoms with Crippen LogP contribution in [0.5, 0.6) is 0 Å². The molecule has 6 atom stereocenters. The van der Waals surface area contributed by atoms with Crippen molar-refractivity contribution in [3.05, 3.63) is 58.2 Å². The molecule has 2 fully saturated rings. The molecule has 3 unspecified atom stereocenters. The van der Waals surface area contributed by atoms with E-state index in [0.29, 0.717) is 25.7 Å². The summed E-state index contributed by atoms with van der Waals surface area (Å²) >= 11 is 0. The van der Waals surface area contributed by atoms with Crippen molar-refractivity contribution in [3.8, 4) is 0 Å². The van der Waals surface area contributed by atoms with Gasteiger partial charge in [-0.3, -0.25) is 9.59 Å². The van der Waals surface area contributed by atoms with Crippen molar-refractivity contribution in [3.63, 3.8) is 0 Å². The molecule has 0 heterocycles. The zero-order valence-corrected chi connectivity index (χ0v) is 25.4. The number of hydrogen-bond donors (Lipinski definition) is 1. The molecule has 0 aliphatic heterocycles. The molecular weight excluding hydrogens is 567 g/mol. The Morgan fingerprint density at radius 1 is 1.05 bits per heavy atom. The van der Waals surface area contributed by atoms with Crippen molar-refractivity contribution in [1.82, 2.24) is 0 Å². The van der Waals surface area contributed by atoms with Crippen LogP contribution in [0.25, 0.3) is 0 Å². The molecule has 0 amide bonds. The Morgan fingerprint density at radius 3 is 2.30 bits per heavy atom. The summed E-state index contributed by atoms with van der Waals surface area (Å²) in [4.78, 5) is 24.7. The van der Waals surface area contributed by atoms with Crippen LogP contribution in [0.4, 0.5) is 22.0 Å². The molecule has 2 saturated carbocycles. The highest BCUT2D eigenvalue weighted by Crippen LogP contribution is 2.70. The topological polar surface area (TPSA) is 63.6 Å². The van der Waals surface area contributed by atoms with Gasteiger partial charge in [0.25, 0.3) is 0 Å². The second kappa shape index (κ2) is 10.5. The van der Waals surface area contributed by atoms with E-state index in [1.807, 2.05) is 32.9 Å². The number of allylic oxidation sites excluding steroid dienone is 4. The molecule has 0 spiro atoms. The van der Waals surface area contributed by atoms with Crippen molar-refractivity contribution >= 4 is 11.8 Å². The second-order valence-electron chi connectivity index (χ2n) is 14.5. The average Bonchev–Trinajstić information content (AvgIpc) is 3.17. The van der Waals surface area contributed by atoms with Gasteiger partial charge in [-0.2, -0.15) is 22.0 Å². The molecule has 5 rings (SSSR count). The summed E-state index contributed by atoms with van der Waals surface area (Å²) in [6.07, 6.45) is -3.23. The molecule has 1 aromatic carbocycles. The number of halogens is 5. The molecule has 0 saturated heterocycles. The molecule has 4 nitrogen and oxygen atoms in total. The van der Waals surface area contributed by atoms with Gasteiger partial charge in [0, 0.05) is 17.8 Å². The van der Waals surface area contributed by atoms with Crippen molar-refractivity contribution in [2.75, 3.05) is 0 Å². The lowest BCUT2D eigenvalue weighted by Gasteiger charge is -2.56. The SMILES string of the molecule is CC(OC(=O)CC(C)(C)C)c1ccc([C@H]2C[C@@]3(C)C(CC[C@@]3(O)C(F)(F)C(F)(F)F)C3CCC4=CC(=O)CCC4=C32)cc1. The van der Waals surface area contributed by atoms with Gasteiger partial charge >= 0.3 is 18.1 Å². The van der Waals surface area contributed by atoms with Gasteiger partial charge in [-0.15, -0.1) is 0 Å². The maximum Gasteiger partial charge on any atom is 0.456 e. The highest BCUT2D eigenvalue weighted by atomic mass is 19.4. The quantitative estimate of drug-likeness (QED) is 0.269. The number of ether oxygens (including phenoxy) is 1. The smallest absolute Gasteiger partial charge is 0.456 e. The minimum Gasteiger partial charge on any atom is -0.458 e. The molecular formula is C34H41F5O4. The van der Waals surface area contributed by atoms with Gasteiger partial charge in [-0.25, -0.2) is 0 Å². The first kappa shape index (κ1) is 31.9. The third-order valence-electron chi connectivity index (χ3n) is 10.6. The van der Waals surface area contributed by atoms with E-state index >= 15 is 8.78 Å². The number of esters is 1. The summed E-state index contributed by atoms with van der Waals surface area (Å²) in [5.74, 6) is -6.91. The van der Waals surface area contributed by atoms with Crippen LogP contribution >= 0.6 is 0 Å². The van der Waals surface area contributed by atoms with E-state index in [9.17, 15) is 27.9 Å². The second-order valence-corrected chi connectivity index (χ2v) is 14.5. The van der Waals surface area contributed by atoms with Crippen LogP contribution in [0.1, 0.15) is 109 Å². The highest BCUT2D eigenvalue weighted by molar-refractivity contribution is 5.93. The maximum absolute atomic E-state index is 15.2. The number of fused-ring (bicyclic) bond motifs is 4. The Hall–Kier alpha value is -2.55. The molecule has 43 heavy (non-hydrogen) atoms. The number of rotatable bonds is 5. The molecule has 0 aromatic heterocycles. The van der Waals surface area contributed by atoms with Crippen LogP contribution in [0, 0.1) is 22.7 Å². The highest BCUT2D eigenvalue weighted by Gasteiger charge is 2.79. The fourth-order valence-electron chi connectivity index (χ4n) is 8.45. The van der Waals surface area contributed by atoms with E-state index in [-0.39, 0.29) is 42.3 Å². The Bertz CT molecular complexity index is 1350. The number of ketones is 1. The molecule has 0 bridgehead atoms. The summed E-state index contributed by atoms with van der Waals surface area (Å²) in [6.45, 7) is 9.00. The van der Waals surface area contributed by atoms with Crippen LogP contribution < -0.4 is 0 Å². The zero-order chi connectivity index (χ0) is 31.8. The van der Waals surface area contributed by atoms with Crippen LogP contribution in [0.15, 0.2) is 47.1 Å². The molecule has 236 valence electrons. The first-order valence-electron chi connectivity index (χ1n) is 15.2. The molecule has 1 aromatic rings. The molecule has 1 N–H and O–H groups in total. The number of benzene rings is 1. The monoisotopic (exact) mass is 608 g/mol. The standard InChI is InChI=1S/C34H41F5O4/c1-19(43-28(41)18-30(2,3)4)20-6-8-21(9-7-20)26-17-31(5)27(14-15-32(31,42)33(35,36)34(37,38)39)25-12-10-22-16-23(40)11-13-24(22)29(25)26/h6-9,16,19,25-27,42H,10-15,17-18H2,1-5H3/t19?,25?,26-,27?,31+,32+/m1/s1. The summed E-state index contributed by atoms with van der Waals surface area (Å²) in [5.41, 5.74) is -0.735. The third kappa shape index (κ3) is 5.27. The summed E-state index contributed by atoms with van der Waals surface area (Å²) in [6, 6.07) is 7.25. The van der Waals surface area contributed by atoms with E-state index in [0.717, 1.165) is 27.8 Å². The van der Waals surface area contributed by atoms with Crippen molar-refractivity contribution < 1.29 is 41.4 Å². The first-order valence-corrected chi connectivity index (χ1v) is 15.2. The predicted molar refractivity (Wildman–Crippen MR) is 151 cm³/mol. The van der Waals surface area contributed by atoms with E-state index in [1.54, 1.807) is 25.1 Å². The van der Waals surface area contributed by atoms with Gasteiger partial charge in [-0.05, 0) is 91.0 Å². The number of hydrogen-bond acceptors (Lipinski definition) is 4. The number of carbonyl (C=O) groups excluding carboxylic acids is 2. The van der Waals surface area contributed by atoms with E-state index in [2.05, 4.69) is 0 Å². The molecule has 9 heteroatoms. The Balaban J connectivity index is 1.55. The molecule has 4 aliphatic carbocycles. The number of carbonyl (C=O) groups is 2. The summed E-state index contributed by atoms with van der Waals surface area (Å²) in [5, 5.41) is 11.4. The Morgan fingerprint density at radius 2 is 1.70 bits per heavy atom. The lowest BCUT2D eigenvalue weighted by molar-refractivity contribution is -0.362. The zero-order valence-electron chi connectivity index (χ0n) is 25.4. The normalized spacial score (nSPS) is 32.0. The summed E-state index contributed by atoms with van der Waals surface area (Å²) < 4.78 is 77.3. The average molecular weight is 609 g/mol. The fourth-order valence-corrected chi connectivity index (χ4v) is 8.45. The van der Waals surface area contributed by atoms with Gasteiger partial charge in [0.15, 0.2) is 5.78 Å². The van der Waals surface area contributed by atoms with Crippen molar-refractivity contribution in [1.29, 1.82) is 0 Å². The van der Waals surface area contributed by atoms with Crippen LogP contribution in [0.2, 0.25) is 0 Å². The van der Waals surface area contributed by atoms with E-state index in [4.69, 9.17) is 4.74 Å². The third-order valence-corrected chi connectivity index (χ3v) is 10.6. The van der Waals surface area contributed by atoms with Gasteiger partial charge in [0.2, 0.25) is 0 Å². The van der Waals surface area contributed by atoms with Crippen molar-refractivity contribution in [2.24, 2.45) is 22.7 Å². The van der Waals surface area contributed by atoms with Gasteiger partial charge in [0.1, 0.15) is 11.7 Å².